The zero-order valence-electron chi connectivity index (χ0n) is 15.1. The molecule has 0 aromatic heterocycles. The van der Waals surface area contributed by atoms with Gasteiger partial charge in [-0.25, -0.2) is 4.89 Å². The quantitative estimate of drug-likeness (QED) is 0.317. The van der Waals surface area contributed by atoms with Crippen molar-refractivity contribution in [2.45, 2.75) is 91.1 Å². The largest absolute Gasteiger partial charge is 0.389 e. The molecule has 5 heteroatoms. The van der Waals surface area contributed by atoms with Crippen LogP contribution in [0.4, 0.5) is 0 Å². The summed E-state index contributed by atoms with van der Waals surface area (Å²) in [5.74, 6) is 0. The Balaban J connectivity index is 5.17. The summed E-state index contributed by atoms with van der Waals surface area (Å²) in [6.07, 6.45) is -1.21. The van der Waals surface area contributed by atoms with E-state index in [1.165, 1.54) is 0 Å². The lowest BCUT2D eigenvalue weighted by Gasteiger charge is -2.41. The van der Waals surface area contributed by atoms with Crippen LogP contribution in [0, 0.1) is 5.41 Å². The molecule has 0 aromatic carbocycles. The van der Waals surface area contributed by atoms with Crippen molar-refractivity contribution in [1.82, 2.24) is 0 Å². The van der Waals surface area contributed by atoms with Gasteiger partial charge in [0.1, 0.15) is 0 Å². The van der Waals surface area contributed by atoms with Crippen LogP contribution in [0.25, 0.3) is 0 Å². The second-order valence-electron chi connectivity index (χ2n) is 7.91. The van der Waals surface area contributed by atoms with Crippen LogP contribution >= 0.6 is 0 Å². The van der Waals surface area contributed by atoms with Crippen LogP contribution in [0.15, 0.2) is 0 Å². The minimum absolute atomic E-state index is 0.358. The second-order valence-corrected chi connectivity index (χ2v) is 13.2. The zero-order chi connectivity index (χ0) is 17.0. The third-order valence-corrected chi connectivity index (χ3v) is 10.1. The first-order valence-electron chi connectivity index (χ1n) is 7.89. The molecular formula is C16H34O4Si. The van der Waals surface area contributed by atoms with E-state index >= 15 is 0 Å². The van der Waals surface area contributed by atoms with E-state index in [0.717, 1.165) is 0 Å². The summed E-state index contributed by atoms with van der Waals surface area (Å²) in [5.41, 5.74) is 0.636. The third-order valence-electron chi connectivity index (χ3n) is 4.34. The summed E-state index contributed by atoms with van der Waals surface area (Å²) in [6, 6.07) is 0. The van der Waals surface area contributed by atoms with Crippen molar-refractivity contribution >= 4 is 14.6 Å². The number of rotatable bonds is 8. The molecule has 0 aromatic rings. The summed E-state index contributed by atoms with van der Waals surface area (Å²) in [5, 5.41) is 10.2. The molecule has 0 radical (unpaired) electrons. The van der Waals surface area contributed by atoms with E-state index in [2.05, 4.69) is 41.5 Å². The Labute approximate surface area is 131 Å². The summed E-state index contributed by atoms with van der Waals surface area (Å²) < 4.78 is 5.93. The fraction of sp³-hybridized carbons (Fsp3) is 0.938. The maximum atomic E-state index is 11.3. The molecular weight excluding hydrogens is 284 g/mol. The maximum absolute atomic E-state index is 11.3. The van der Waals surface area contributed by atoms with Crippen molar-refractivity contribution < 1.29 is 19.4 Å². The molecule has 2 atom stereocenters. The average molecular weight is 319 g/mol. The molecule has 0 spiro atoms. The van der Waals surface area contributed by atoms with Gasteiger partial charge in [0.2, 0.25) is 8.32 Å². The van der Waals surface area contributed by atoms with Crippen molar-refractivity contribution in [2.24, 2.45) is 5.41 Å². The highest BCUT2D eigenvalue weighted by Gasteiger charge is 2.48. The van der Waals surface area contributed by atoms with Gasteiger partial charge in [-0.1, -0.05) is 62.3 Å². The van der Waals surface area contributed by atoms with Crippen LogP contribution in [-0.4, -0.2) is 31.9 Å². The number of hydrogen-bond acceptors (Lipinski definition) is 4. The standard InChI is InChI=1S/C16H34O4Si/c1-11(2)21(12(3)4,13(5)6)20-19-14(10-17)15(18)16(7,8)9/h10-15,18H,1-9H3/t14-,15-/m1/s1. The van der Waals surface area contributed by atoms with Gasteiger partial charge in [-0.2, -0.15) is 0 Å². The summed E-state index contributed by atoms with van der Waals surface area (Å²) >= 11 is 0. The number of carbonyl (C=O) groups excluding carboxylic acids is 1. The average Bonchev–Trinajstić information content (AvgIpc) is 2.31. The Kier molecular flexibility index (Phi) is 7.77. The van der Waals surface area contributed by atoms with Crippen LogP contribution < -0.4 is 0 Å². The van der Waals surface area contributed by atoms with E-state index in [9.17, 15) is 9.90 Å². The molecule has 0 fully saturated rings. The lowest BCUT2D eigenvalue weighted by Crippen LogP contribution is -2.50. The molecule has 21 heavy (non-hydrogen) atoms. The van der Waals surface area contributed by atoms with Crippen molar-refractivity contribution in [3.8, 4) is 0 Å². The molecule has 1 N–H and O–H groups in total. The van der Waals surface area contributed by atoms with Crippen LogP contribution in [0.2, 0.25) is 16.6 Å². The van der Waals surface area contributed by atoms with E-state index in [1.54, 1.807) is 0 Å². The van der Waals surface area contributed by atoms with Gasteiger partial charge in [-0.3, -0.25) is 4.58 Å². The fourth-order valence-electron chi connectivity index (χ4n) is 3.07. The highest BCUT2D eigenvalue weighted by atomic mass is 28.4. The van der Waals surface area contributed by atoms with E-state index in [0.29, 0.717) is 22.9 Å². The van der Waals surface area contributed by atoms with Crippen molar-refractivity contribution in [3.05, 3.63) is 0 Å². The number of aldehydes is 1. The summed E-state index contributed by atoms with van der Waals surface area (Å²) in [7, 11) is -2.20. The molecule has 0 aliphatic heterocycles. The van der Waals surface area contributed by atoms with E-state index in [-0.39, 0.29) is 0 Å². The summed E-state index contributed by atoms with van der Waals surface area (Å²) in [4.78, 5) is 16.7. The molecule has 4 nitrogen and oxygen atoms in total. The van der Waals surface area contributed by atoms with Gasteiger partial charge in [0.25, 0.3) is 0 Å². The van der Waals surface area contributed by atoms with Gasteiger partial charge in [0.15, 0.2) is 12.4 Å². The third kappa shape index (κ3) is 4.88. The Bertz CT molecular complexity index is 299. The highest BCUT2D eigenvalue weighted by Crippen LogP contribution is 2.42. The Hall–Kier alpha value is -0.233. The zero-order valence-corrected chi connectivity index (χ0v) is 16.1. The van der Waals surface area contributed by atoms with Crippen LogP contribution in [-0.2, 0) is 14.3 Å². The van der Waals surface area contributed by atoms with Gasteiger partial charge in [0.05, 0.1) is 6.10 Å². The second kappa shape index (κ2) is 7.86. The topological polar surface area (TPSA) is 55.8 Å². The Morgan fingerprint density at radius 3 is 1.57 bits per heavy atom. The van der Waals surface area contributed by atoms with Crippen molar-refractivity contribution in [2.75, 3.05) is 0 Å². The van der Waals surface area contributed by atoms with E-state index < -0.39 is 25.9 Å². The molecule has 0 unspecified atom stereocenters. The minimum atomic E-state index is -2.20. The van der Waals surface area contributed by atoms with Gasteiger partial charge in [-0.05, 0) is 22.0 Å². The molecule has 0 heterocycles. The molecule has 126 valence electrons. The Morgan fingerprint density at radius 1 is 0.952 bits per heavy atom. The first-order chi connectivity index (χ1) is 9.41. The number of hydrogen-bond donors (Lipinski definition) is 1. The van der Waals surface area contributed by atoms with Crippen LogP contribution in [0.5, 0.6) is 0 Å². The minimum Gasteiger partial charge on any atom is -0.389 e. The van der Waals surface area contributed by atoms with Crippen molar-refractivity contribution in [1.29, 1.82) is 0 Å². The van der Waals surface area contributed by atoms with E-state index in [1.807, 2.05) is 20.8 Å². The van der Waals surface area contributed by atoms with Crippen LogP contribution in [0.3, 0.4) is 0 Å². The molecule has 0 aliphatic carbocycles. The number of carbonyl (C=O) groups is 1. The fourth-order valence-corrected chi connectivity index (χ4v) is 7.93. The smallest absolute Gasteiger partial charge is 0.246 e. The summed E-state index contributed by atoms with van der Waals surface area (Å²) in [6.45, 7) is 18.5. The predicted octanol–water partition coefficient (Wildman–Crippen LogP) is 4.08. The monoisotopic (exact) mass is 318 g/mol. The normalized spacial score (nSPS) is 16.6. The van der Waals surface area contributed by atoms with E-state index in [4.69, 9.17) is 9.46 Å². The maximum Gasteiger partial charge on any atom is 0.246 e. The molecule has 0 rings (SSSR count). The van der Waals surface area contributed by atoms with Gasteiger partial charge >= 0.3 is 0 Å². The SMILES string of the molecule is CC(C)[Si](OO[C@H](C=O)[C@@H](O)C(C)(C)C)(C(C)C)C(C)C. The predicted molar refractivity (Wildman–Crippen MR) is 88.5 cm³/mol. The van der Waals surface area contributed by atoms with Gasteiger partial charge in [-0.15, -0.1) is 0 Å². The van der Waals surface area contributed by atoms with Gasteiger partial charge < -0.3 is 9.90 Å². The lowest BCUT2D eigenvalue weighted by atomic mass is 9.86. The molecule has 0 aliphatic rings. The first kappa shape index (κ1) is 20.8. The molecule has 0 saturated heterocycles. The highest BCUT2D eigenvalue weighted by molar-refractivity contribution is 6.77. The van der Waals surface area contributed by atoms with Crippen LogP contribution in [0.1, 0.15) is 62.3 Å². The first-order valence-corrected chi connectivity index (χ1v) is 10.0. The number of aliphatic hydroxyl groups excluding tert-OH is 1. The molecule has 0 saturated carbocycles. The molecule has 0 amide bonds. The molecule has 0 bridgehead atoms. The lowest BCUT2D eigenvalue weighted by molar-refractivity contribution is -0.275. The van der Waals surface area contributed by atoms with Crippen molar-refractivity contribution in [3.63, 3.8) is 0 Å². The number of aliphatic hydroxyl groups is 1. The van der Waals surface area contributed by atoms with Gasteiger partial charge in [0, 0.05) is 0 Å². The Morgan fingerprint density at radius 2 is 1.33 bits per heavy atom.